The molecule has 14 heteroatoms. The highest BCUT2D eigenvalue weighted by molar-refractivity contribution is 6.34. The van der Waals surface area contributed by atoms with Crippen LogP contribution in [0.4, 0.5) is 27.8 Å². The van der Waals surface area contributed by atoms with E-state index in [4.69, 9.17) is 17.3 Å². The summed E-state index contributed by atoms with van der Waals surface area (Å²) in [6.07, 6.45) is -5.43. The zero-order chi connectivity index (χ0) is 26.6. The number of halogens is 6. The second kappa shape index (κ2) is 8.87. The molecule has 0 aliphatic carbocycles. The molecule has 3 aromatic rings. The van der Waals surface area contributed by atoms with Crippen LogP contribution in [0.3, 0.4) is 0 Å². The van der Waals surface area contributed by atoms with E-state index < -0.39 is 53.5 Å². The first-order chi connectivity index (χ1) is 16.7. The van der Waals surface area contributed by atoms with Crippen LogP contribution in [0, 0.1) is 0 Å². The zero-order valence-corrected chi connectivity index (χ0v) is 19.7. The maximum Gasteiger partial charge on any atom is 0.418 e. The molecule has 1 aliphatic rings. The molecule has 0 bridgehead atoms. The summed E-state index contributed by atoms with van der Waals surface area (Å²) in [7, 11) is 0. The molecule has 3 heterocycles. The average molecular weight is 531 g/mol. The van der Waals surface area contributed by atoms with Gasteiger partial charge in [0.1, 0.15) is 18.0 Å². The Kier molecular flexibility index (Phi) is 6.31. The molecule has 8 nitrogen and oxygen atoms in total. The van der Waals surface area contributed by atoms with Crippen LogP contribution >= 0.6 is 11.6 Å². The van der Waals surface area contributed by atoms with Crippen molar-refractivity contribution in [3.8, 4) is 11.3 Å². The second-order valence-electron chi connectivity index (χ2n) is 8.82. The first-order valence-electron chi connectivity index (χ1n) is 10.6. The summed E-state index contributed by atoms with van der Waals surface area (Å²) in [6, 6.07) is 3.60. The molecule has 0 radical (unpaired) electrons. The third kappa shape index (κ3) is 4.66. The predicted molar refractivity (Wildman–Crippen MR) is 121 cm³/mol. The number of benzene rings is 1. The minimum atomic E-state index is -4.76. The Hall–Kier alpha value is -3.48. The van der Waals surface area contributed by atoms with Gasteiger partial charge in [-0.3, -0.25) is 9.59 Å². The number of amides is 2. The molecule has 1 aromatic carbocycles. The van der Waals surface area contributed by atoms with Gasteiger partial charge in [-0.05, 0) is 32.0 Å². The predicted octanol–water partition coefficient (Wildman–Crippen LogP) is 3.68. The molecular formula is C22H20ClF5N6O2. The second-order valence-corrected chi connectivity index (χ2v) is 9.23. The Labute approximate surface area is 206 Å². The van der Waals surface area contributed by atoms with Crippen LogP contribution < -0.4 is 11.1 Å². The fraction of sp³-hybridized carbons (Fsp3) is 0.364. The van der Waals surface area contributed by atoms with Gasteiger partial charge >= 0.3 is 6.18 Å². The van der Waals surface area contributed by atoms with E-state index >= 15 is 0 Å². The van der Waals surface area contributed by atoms with Gasteiger partial charge in [-0.25, -0.2) is 18.3 Å². The quantitative estimate of drug-likeness (QED) is 0.501. The maximum absolute atomic E-state index is 14.5. The van der Waals surface area contributed by atoms with Crippen molar-refractivity contribution in [2.24, 2.45) is 0 Å². The van der Waals surface area contributed by atoms with Crippen molar-refractivity contribution in [2.45, 2.75) is 37.9 Å². The monoisotopic (exact) mass is 530 g/mol. The van der Waals surface area contributed by atoms with E-state index in [1.54, 1.807) is 0 Å². The number of rotatable bonds is 4. The van der Waals surface area contributed by atoms with Gasteiger partial charge in [-0.2, -0.15) is 18.3 Å². The number of nitrogens with one attached hydrogen (secondary N) is 1. The van der Waals surface area contributed by atoms with E-state index in [1.807, 2.05) is 0 Å². The van der Waals surface area contributed by atoms with Crippen LogP contribution in [0.1, 0.15) is 29.8 Å². The molecule has 0 saturated carbocycles. The van der Waals surface area contributed by atoms with Crippen molar-refractivity contribution in [3.05, 3.63) is 46.7 Å². The lowest BCUT2D eigenvalue weighted by Crippen LogP contribution is -2.44. The minimum absolute atomic E-state index is 0.0386. The molecule has 3 N–H and O–H groups in total. The van der Waals surface area contributed by atoms with Gasteiger partial charge in [0.2, 0.25) is 0 Å². The molecule has 1 saturated heterocycles. The SMILES string of the molecule is CC(C)(F)C(=O)N1C[C@H](F)[C@H](NC(=O)c2cc(-c3cc(C(F)(F)F)c4c(N)ncnn34)ccc2Cl)C1. The van der Waals surface area contributed by atoms with E-state index in [1.165, 1.54) is 18.2 Å². The molecular weight excluding hydrogens is 511 g/mol. The highest BCUT2D eigenvalue weighted by Crippen LogP contribution is 2.39. The van der Waals surface area contributed by atoms with Crippen LogP contribution in [-0.4, -0.2) is 62.3 Å². The Bertz CT molecular complexity index is 1350. The number of alkyl halides is 5. The van der Waals surface area contributed by atoms with Gasteiger partial charge in [-0.15, -0.1) is 0 Å². The number of carbonyl (C=O) groups excluding carboxylic acids is 2. The van der Waals surface area contributed by atoms with Crippen LogP contribution in [0.5, 0.6) is 0 Å². The first-order valence-corrected chi connectivity index (χ1v) is 11.0. The molecule has 1 fully saturated rings. The van der Waals surface area contributed by atoms with Gasteiger partial charge in [0.15, 0.2) is 11.5 Å². The number of nitrogens with two attached hydrogens (primary N) is 1. The lowest BCUT2D eigenvalue weighted by atomic mass is 10.1. The molecule has 0 unspecified atom stereocenters. The molecule has 192 valence electrons. The van der Waals surface area contributed by atoms with Crippen molar-refractivity contribution in [1.82, 2.24) is 24.8 Å². The standard InChI is InChI=1S/C22H20ClF5N6O2/c1-21(2,25)20(36)33-7-14(24)15(8-33)32-19(35)11-5-10(3-4-13(11)23)16-6-12(22(26,27)28)17-18(29)30-9-31-34(16)17/h3-6,9,14-15H,7-8H2,1-2H3,(H,32,35)(H2,29,30,31)/t14-,15+/m0/s1. The molecule has 2 atom stereocenters. The van der Waals surface area contributed by atoms with E-state index in [0.717, 1.165) is 35.7 Å². The first kappa shape index (κ1) is 25.6. The number of carbonyl (C=O) groups is 2. The number of fused-ring (bicyclic) bond motifs is 1. The van der Waals surface area contributed by atoms with Gasteiger partial charge in [0.05, 0.1) is 34.4 Å². The van der Waals surface area contributed by atoms with E-state index in [9.17, 15) is 31.5 Å². The smallest absolute Gasteiger partial charge is 0.382 e. The maximum atomic E-state index is 14.5. The highest BCUT2D eigenvalue weighted by atomic mass is 35.5. The molecule has 0 spiro atoms. The van der Waals surface area contributed by atoms with Crippen LogP contribution in [0.25, 0.3) is 16.8 Å². The molecule has 2 aromatic heterocycles. The van der Waals surface area contributed by atoms with Gasteiger partial charge < -0.3 is 16.0 Å². The number of anilines is 1. The normalized spacial score (nSPS) is 18.6. The Balaban J connectivity index is 1.66. The topological polar surface area (TPSA) is 106 Å². The van der Waals surface area contributed by atoms with Crippen LogP contribution in [0.2, 0.25) is 5.02 Å². The largest absolute Gasteiger partial charge is 0.418 e. The summed E-state index contributed by atoms with van der Waals surface area (Å²) in [5.74, 6) is -2.13. The van der Waals surface area contributed by atoms with Crippen LogP contribution in [0.15, 0.2) is 30.6 Å². The molecule has 4 rings (SSSR count). The summed E-state index contributed by atoms with van der Waals surface area (Å²) in [6.45, 7) is 1.44. The van der Waals surface area contributed by atoms with Crippen molar-refractivity contribution in [2.75, 3.05) is 18.8 Å². The summed E-state index contributed by atoms with van der Waals surface area (Å²) in [5, 5.41) is 6.24. The zero-order valence-electron chi connectivity index (χ0n) is 18.9. The van der Waals surface area contributed by atoms with E-state index in [2.05, 4.69) is 15.4 Å². The number of hydrogen-bond acceptors (Lipinski definition) is 5. The fourth-order valence-electron chi connectivity index (χ4n) is 4.04. The molecule has 1 aliphatic heterocycles. The van der Waals surface area contributed by atoms with E-state index in [-0.39, 0.29) is 34.2 Å². The summed E-state index contributed by atoms with van der Waals surface area (Å²) in [5.41, 5.74) is 1.90. The summed E-state index contributed by atoms with van der Waals surface area (Å²) in [4.78, 5) is 29.7. The molecule has 2 amide bonds. The van der Waals surface area contributed by atoms with Crippen molar-refractivity contribution in [1.29, 1.82) is 0 Å². The number of likely N-dealkylation sites (tertiary alicyclic amines) is 1. The van der Waals surface area contributed by atoms with Gasteiger partial charge in [-0.1, -0.05) is 17.7 Å². The number of nitrogen functional groups attached to an aromatic ring is 1. The van der Waals surface area contributed by atoms with Gasteiger partial charge in [0.25, 0.3) is 11.8 Å². The number of aromatic nitrogens is 3. The highest BCUT2D eigenvalue weighted by Gasteiger charge is 2.42. The third-order valence-corrected chi connectivity index (χ3v) is 6.09. The lowest BCUT2D eigenvalue weighted by Gasteiger charge is -2.22. The van der Waals surface area contributed by atoms with Crippen molar-refractivity contribution >= 4 is 34.7 Å². The Morgan fingerprint density at radius 1 is 1.17 bits per heavy atom. The minimum Gasteiger partial charge on any atom is -0.382 e. The van der Waals surface area contributed by atoms with Crippen molar-refractivity contribution < 1.29 is 31.5 Å². The fourth-order valence-corrected chi connectivity index (χ4v) is 4.24. The lowest BCUT2D eigenvalue weighted by molar-refractivity contribution is -0.141. The van der Waals surface area contributed by atoms with E-state index in [0.29, 0.717) is 0 Å². The summed E-state index contributed by atoms with van der Waals surface area (Å²) < 4.78 is 70.3. The third-order valence-electron chi connectivity index (χ3n) is 5.76. The Morgan fingerprint density at radius 2 is 1.86 bits per heavy atom. The number of hydrogen-bond donors (Lipinski definition) is 2. The average Bonchev–Trinajstić information content (AvgIpc) is 3.34. The van der Waals surface area contributed by atoms with Crippen LogP contribution in [-0.2, 0) is 11.0 Å². The van der Waals surface area contributed by atoms with Crippen molar-refractivity contribution in [3.63, 3.8) is 0 Å². The Morgan fingerprint density at radius 3 is 2.50 bits per heavy atom. The summed E-state index contributed by atoms with van der Waals surface area (Å²) >= 11 is 6.16. The number of nitrogens with zero attached hydrogens (tertiary/aromatic N) is 4. The molecule has 36 heavy (non-hydrogen) atoms. The van der Waals surface area contributed by atoms with Gasteiger partial charge in [0, 0.05) is 12.1 Å².